The van der Waals surface area contributed by atoms with Gasteiger partial charge in [-0.25, -0.2) is 0 Å². The van der Waals surface area contributed by atoms with Crippen molar-refractivity contribution in [2.24, 2.45) is 5.73 Å². The van der Waals surface area contributed by atoms with Gasteiger partial charge in [0.2, 0.25) is 0 Å². The number of nitrogens with zero attached hydrogens (tertiary/aromatic N) is 1. The number of aromatic nitrogens is 1. The molecule has 2 N–H and O–H groups in total. The van der Waals surface area contributed by atoms with E-state index in [1.807, 2.05) is 20.0 Å². The zero-order valence-corrected chi connectivity index (χ0v) is 12.8. The largest absolute Gasteiger partial charge is 0.324 e. The number of benzene rings is 1. The highest BCUT2D eigenvalue weighted by molar-refractivity contribution is 5.50. The summed E-state index contributed by atoms with van der Waals surface area (Å²) in [4.78, 5) is 12.0. The summed E-state index contributed by atoms with van der Waals surface area (Å²) in [6.07, 6.45) is 1.88. The average Bonchev–Trinajstić information content (AvgIpc) is 2.29. The standard InChI is InChI=1S/C17H22N2O/c1-10-6-11(2)17(12(3)7-10)19-9-15(14(5)18)16(20)8-13(19)4/h6-9,14H,18H2,1-5H3. The van der Waals surface area contributed by atoms with Crippen LogP contribution in [0.25, 0.3) is 5.69 Å². The Morgan fingerprint density at radius 2 is 1.60 bits per heavy atom. The lowest BCUT2D eigenvalue weighted by Gasteiger charge is -2.19. The molecule has 0 aliphatic carbocycles. The molecule has 2 aromatic rings. The van der Waals surface area contributed by atoms with Crippen LogP contribution in [0.5, 0.6) is 0 Å². The van der Waals surface area contributed by atoms with Crippen LogP contribution in [-0.2, 0) is 0 Å². The molecule has 1 unspecified atom stereocenters. The fraction of sp³-hybridized carbons (Fsp3) is 0.353. The maximum absolute atomic E-state index is 12.0. The second-order valence-corrected chi connectivity index (χ2v) is 5.64. The van der Waals surface area contributed by atoms with Crippen LogP contribution in [0.2, 0.25) is 0 Å². The summed E-state index contributed by atoms with van der Waals surface area (Å²) in [7, 11) is 0. The van der Waals surface area contributed by atoms with Gasteiger partial charge >= 0.3 is 0 Å². The average molecular weight is 270 g/mol. The first-order valence-corrected chi connectivity index (χ1v) is 6.88. The lowest BCUT2D eigenvalue weighted by Crippen LogP contribution is -2.20. The molecule has 106 valence electrons. The molecule has 20 heavy (non-hydrogen) atoms. The highest BCUT2D eigenvalue weighted by Gasteiger charge is 2.12. The van der Waals surface area contributed by atoms with Crippen LogP contribution in [0.3, 0.4) is 0 Å². The molecular formula is C17H22N2O. The van der Waals surface area contributed by atoms with E-state index in [0.29, 0.717) is 5.56 Å². The fourth-order valence-corrected chi connectivity index (χ4v) is 2.78. The van der Waals surface area contributed by atoms with E-state index in [1.54, 1.807) is 6.07 Å². The van der Waals surface area contributed by atoms with Crippen LogP contribution in [-0.4, -0.2) is 4.57 Å². The summed E-state index contributed by atoms with van der Waals surface area (Å²) < 4.78 is 2.07. The topological polar surface area (TPSA) is 48.0 Å². The van der Waals surface area contributed by atoms with E-state index < -0.39 is 0 Å². The van der Waals surface area contributed by atoms with Gasteiger partial charge in [-0.2, -0.15) is 0 Å². The third-order valence-corrected chi connectivity index (χ3v) is 3.64. The van der Waals surface area contributed by atoms with Gasteiger partial charge in [-0.3, -0.25) is 4.79 Å². The number of hydrogen-bond acceptors (Lipinski definition) is 2. The van der Waals surface area contributed by atoms with Crippen molar-refractivity contribution in [3.8, 4) is 5.69 Å². The Balaban J connectivity index is 2.77. The van der Waals surface area contributed by atoms with Crippen molar-refractivity contribution >= 4 is 0 Å². The molecule has 1 atom stereocenters. The van der Waals surface area contributed by atoms with E-state index in [2.05, 4.69) is 37.5 Å². The van der Waals surface area contributed by atoms with E-state index in [4.69, 9.17) is 5.73 Å². The minimum atomic E-state index is -0.264. The summed E-state index contributed by atoms with van der Waals surface area (Å²) >= 11 is 0. The van der Waals surface area contributed by atoms with Gasteiger partial charge < -0.3 is 10.3 Å². The van der Waals surface area contributed by atoms with Gasteiger partial charge in [0.1, 0.15) is 0 Å². The first-order valence-electron chi connectivity index (χ1n) is 6.88. The van der Waals surface area contributed by atoms with Crippen molar-refractivity contribution < 1.29 is 0 Å². The molecule has 1 aromatic heterocycles. The number of nitrogens with two attached hydrogens (primary N) is 1. The van der Waals surface area contributed by atoms with Crippen LogP contribution in [0.4, 0.5) is 0 Å². The first kappa shape index (κ1) is 14.5. The van der Waals surface area contributed by atoms with Crippen molar-refractivity contribution in [3.05, 3.63) is 62.6 Å². The number of pyridine rings is 1. The molecule has 0 fully saturated rings. The molecule has 2 rings (SSSR count). The zero-order valence-electron chi connectivity index (χ0n) is 12.8. The van der Waals surface area contributed by atoms with Gasteiger partial charge in [0.15, 0.2) is 5.43 Å². The third kappa shape index (κ3) is 2.54. The van der Waals surface area contributed by atoms with Gasteiger partial charge in [0.25, 0.3) is 0 Å². The van der Waals surface area contributed by atoms with Gasteiger partial charge in [-0.15, -0.1) is 0 Å². The molecule has 0 aliphatic rings. The Hall–Kier alpha value is -1.87. The van der Waals surface area contributed by atoms with E-state index in [9.17, 15) is 4.79 Å². The maximum Gasteiger partial charge on any atom is 0.186 e. The molecule has 0 bridgehead atoms. The molecule has 1 aromatic carbocycles. The molecule has 0 spiro atoms. The SMILES string of the molecule is Cc1cc(C)c(-n2cc(C(C)N)c(=O)cc2C)c(C)c1. The maximum atomic E-state index is 12.0. The van der Waals surface area contributed by atoms with E-state index in [1.165, 1.54) is 16.7 Å². The summed E-state index contributed by atoms with van der Waals surface area (Å²) in [5.74, 6) is 0. The lowest BCUT2D eigenvalue weighted by molar-refractivity contribution is 0.784. The Labute approximate surface area is 120 Å². The number of rotatable bonds is 2. The van der Waals surface area contributed by atoms with E-state index >= 15 is 0 Å². The predicted molar refractivity (Wildman–Crippen MR) is 83.6 cm³/mol. The molecule has 1 heterocycles. The van der Waals surface area contributed by atoms with Crippen LogP contribution in [0, 0.1) is 27.7 Å². The van der Waals surface area contributed by atoms with E-state index in [-0.39, 0.29) is 11.5 Å². The summed E-state index contributed by atoms with van der Waals surface area (Å²) in [5, 5.41) is 0. The summed E-state index contributed by atoms with van der Waals surface area (Å²) in [6, 6.07) is 5.72. The minimum absolute atomic E-state index is 0.0103. The van der Waals surface area contributed by atoms with E-state index in [0.717, 1.165) is 11.4 Å². The van der Waals surface area contributed by atoms with Crippen LogP contribution in [0.15, 0.2) is 29.2 Å². The molecule has 3 heteroatoms. The molecular weight excluding hydrogens is 248 g/mol. The highest BCUT2D eigenvalue weighted by Crippen LogP contribution is 2.22. The van der Waals surface area contributed by atoms with Crippen molar-refractivity contribution in [3.63, 3.8) is 0 Å². The van der Waals surface area contributed by atoms with Crippen molar-refractivity contribution in [1.82, 2.24) is 4.57 Å². The van der Waals surface area contributed by atoms with Crippen molar-refractivity contribution in [2.75, 3.05) is 0 Å². The minimum Gasteiger partial charge on any atom is -0.324 e. The molecule has 0 radical (unpaired) electrons. The second-order valence-electron chi connectivity index (χ2n) is 5.64. The van der Waals surface area contributed by atoms with Gasteiger partial charge in [0.05, 0.1) is 5.69 Å². The summed E-state index contributed by atoms with van der Waals surface area (Å²) in [5.41, 5.74) is 12.3. The van der Waals surface area contributed by atoms with Crippen molar-refractivity contribution in [2.45, 2.75) is 40.7 Å². The number of hydrogen-bond donors (Lipinski definition) is 1. The first-order chi connectivity index (χ1) is 9.31. The lowest BCUT2D eigenvalue weighted by atomic mass is 10.0. The predicted octanol–water partition coefficient (Wildman–Crippen LogP) is 3.09. The van der Waals surface area contributed by atoms with Crippen LogP contribution < -0.4 is 11.2 Å². The second kappa shape index (κ2) is 5.25. The molecule has 0 amide bonds. The zero-order chi connectivity index (χ0) is 15.0. The monoisotopic (exact) mass is 270 g/mol. The van der Waals surface area contributed by atoms with Gasteiger partial charge in [-0.05, 0) is 45.7 Å². The van der Waals surface area contributed by atoms with Gasteiger partial charge in [0, 0.05) is 29.6 Å². The molecule has 0 aliphatic heterocycles. The fourth-order valence-electron chi connectivity index (χ4n) is 2.78. The Morgan fingerprint density at radius 1 is 1.05 bits per heavy atom. The Bertz CT molecular complexity index is 688. The molecule has 3 nitrogen and oxygen atoms in total. The summed E-state index contributed by atoms with van der Waals surface area (Å²) in [6.45, 7) is 10.1. The highest BCUT2D eigenvalue weighted by atomic mass is 16.1. The van der Waals surface area contributed by atoms with Crippen LogP contribution in [0.1, 0.15) is 40.9 Å². The third-order valence-electron chi connectivity index (χ3n) is 3.64. The van der Waals surface area contributed by atoms with Crippen LogP contribution >= 0.6 is 0 Å². The number of aryl methyl sites for hydroxylation is 4. The Kier molecular flexibility index (Phi) is 3.82. The van der Waals surface area contributed by atoms with Crippen molar-refractivity contribution in [1.29, 1.82) is 0 Å². The molecule has 0 saturated carbocycles. The normalized spacial score (nSPS) is 12.5. The Morgan fingerprint density at radius 3 is 2.10 bits per heavy atom. The molecule has 0 saturated heterocycles. The van der Waals surface area contributed by atoms with Gasteiger partial charge in [-0.1, -0.05) is 17.7 Å². The quantitative estimate of drug-likeness (QED) is 0.911. The smallest absolute Gasteiger partial charge is 0.186 e.